The second-order valence-corrected chi connectivity index (χ2v) is 8.53. The van der Waals surface area contributed by atoms with Gasteiger partial charge in [0.25, 0.3) is 0 Å². The molecule has 2 aromatic heterocycles. The number of hydrogen-bond donors (Lipinski definition) is 1. The average molecular weight is 441 g/mol. The first-order valence-electron chi connectivity index (χ1n) is 9.93. The predicted molar refractivity (Wildman–Crippen MR) is 125 cm³/mol. The van der Waals surface area contributed by atoms with Crippen LogP contribution in [0, 0.1) is 6.92 Å². The van der Waals surface area contributed by atoms with Crippen molar-refractivity contribution in [2.75, 3.05) is 27.2 Å². The number of nitrogens with one attached hydrogen (secondary N) is 1. The molecule has 1 aromatic carbocycles. The van der Waals surface area contributed by atoms with Crippen LogP contribution >= 0.6 is 23.8 Å². The summed E-state index contributed by atoms with van der Waals surface area (Å²) >= 11 is 12.0. The number of benzene rings is 1. The number of pyridine rings is 1. The number of aromatic nitrogens is 1. The summed E-state index contributed by atoms with van der Waals surface area (Å²) in [6.07, 6.45) is 1.81. The zero-order chi connectivity index (χ0) is 21.3. The molecule has 4 rings (SSSR count). The standard InChI is InChI=1S/C23H25ClN4OS/c1-15-16(7-6-8-17(15)24)19-10-11-20(29-19)22-21(18-9-4-5-12-25-18)26-23(30)28(22)14-13-27(2)3/h4-12,21-22H,13-14H2,1-3H3,(H,26,30)/t21-,22+/m0/s1. The van der Waals surface area contributed by atoms with E-state index in [1.807, 2.05) is 61.7 Å². The molecule has 0 amide bonds. The molecule has 3 heterocycles. The van der Waals surface area contributed by atoms with E-state index in [9.17, 15) is 0 Å². The Morgan fingerprint density at radius 3 is 2.73 bits per heavy atom. The lowest BCUT2D eigenvalue weighted by Crippen LogP contribution is -2.35. The van der Waals surface area contributed by atoms with Crippen LogP contribution in [0.15, 0.2) is 59.1 Å². The van der Waals surface area contributed by atoms with Gasteiger partial charge in [-0.3, -0.25) is 4.98 Å². The molecule has 1 N–H and O–H groups in total. The van der Waals surface area contributed by atoms with Gasteiger partial charge in [0, 0.05) is 29.9 Å². The van der Waals surface area contributed by atoms with Crippen molar-refractivity contribution < 1.29 is 4.42 Å². The van der Waals surface area contributed by atoms with E-state index >= 15 is 0 Å². The lowest BCUT2D eigenvalue weighted by molar-refractivity contribution is 0.250. The van der Waals surface area contributed by atoms with Crippen LogP contribution in [0.3, 0.4) is 0 Å². The summed E-state index contributed by atoms with van der Waals surface area (Å²) in [4.78, 5) is 8.92. The van der Waals surface area contributed by atoms with Crippen molar-refractivity contribution in [2.24, 2.45) is 0 Å². The fraction of sp³-hybridized carbons (Fsp3) is 0.304. The molecule has 0 spiro atoms. The predicted octanol–water partition coefficient (Wildman–Crippen LogP) is 4.84. The zero-order valence-corrected chi connectivity index (χ0v) is 18.9. The third-order valence-corrected chi connectivity index (χ3v) is 6.20. The van der Waals surface area contributed by atoms with Crippen LogP contribution in [-0.4, -0.2) is 47.1 Å². The fourth-order valence-corrected chi connectivity index (χ4v) is 4.30. The third-order valence-electron chi connectivity index (χ3n) is 5.44. The Kier molecular flexibility index (Phi) is 6.09. The minimum atomic E-state index is -0.0830. The number of halogens is 1. The van der Waals surface area contributed by atoms with E-state index in [-0.39, 0.29) is 12.1 Å². The van der Waals surface area contributed by atoms with Crippen LogP contribution in [-0.2, 0) is 0 Å². The monoisotopic (exact) mass is 440 g/mol. The maximum absolute atomic E-state index is 6.39. The minimum absolute atomic E-state index is 0.0828. The van der Waals surface area contributed by atoms with E-state index < -0.39 is 0 Å². The van der Waals surface area contributed by atoms with Crippen LogP contribution in [0.25, 0.3) is 11.3 Å². The van der Waals surface area contributed by atoms with E-state index in [1.54, 1.807) is 0 Å². The van der Waals surface area contributed by atoms with Gasteiger partial charge in [-0.05, 0) is 69.1 Å². The average Bonchev–Trinajstić information content (AvgIpc) is 3.33. The molecule has 1 saturated heterocycles. The topological polar surface area (TPSA) is 44.5 Å². The molecular formula is C23H25ClN4OS. The van der Waals surface area contributed by atoms with Crippen molar-refractivity contribution in [2.45, 2.75) is 19.0 Å². The van der Waals surface area contributed by atoms with Crippen molar-refractivity contribution in [1.82, 2.24) is 20.1 Å². The second-order valence-electron chi connectivity index (χ2n) is 7.74. The number of thiocarbonyl (C=S) groups is 1. The highest BCUT2D eigenvalue weighted by Gasteiger charge is 2.41. The van der Waals surface area contributed by atoms with E-state index in [1.165, 1.54) is 0 Å². The molecule has 0 radical (unpaired) electrons. The Labute approximate surface area is 187 Å². The SMILES string of the molecule is Cc1c(Cl)cccc1-c1ccc([C@@H]2[C@H](c3ccccn3)NC(=S)N2CCN(C)C)o1. The third kappa shape index (κ3) is 4.08. The molecule has 2 atom stereocenters. The Bertz CT molecular complexity index is 1040. The number of hydrogen-bond acceptors (Lipinski definition) is 4. The lowest BCUT2D eigenvalue weighted by atomic mass is 10.0. The number of nitrogens with zero attached hydrogens (tertiary/aromatic N) is 3. The van der Waals surface area contributed by atoms with Gasteiger partial charge in [-0.15, -0.1) is 0 Å². The Balaban J connectivity index is 1.72. The van der Waals surface area contributed by atoms with Crippen LogP contribution < -0.4 is 5.32 Å². The van der Waals surface area contributed by atoms with Gasteiger partial charge in [0.15, 0.2) is 5.11 Å². The van der Waals surface area contributed by atoms with Crippen molar-refractivity contribution in [3.63, 3.8) is 0 Å². The largest absolute Gasteiger partial charge is 0.459 e. The summed E-state index contributed by atoms with van der Waals surface area (Å²) in [6.45, 7) is 3.68. The highest BCUT2D eigenvalue weighted by atomic mass is 35.5. The van der Waals surface area contributed by atoms with Gasteiger partial charge < -0.3 is 19.5 Å². The molecule has 30 heavy (non-hydrogen) atoms. The van der Waals surface area contributed by atoms with Gasteiger partial charge in [-0.2, -0.15) is 0 Å². The fourth-order valence-electron chi connectivity index (χ4n) is 3.79. The Morgan fingerprint density at radius 1 is 1.17 bits per heavy atom. The van der Waals surface area contributed by atoms with Crippen LogP contribution in [0.2, 0.25) is 5.02 Å². The smallest absolute Gasteiger partial charge is 0.170 e. The highest BCUT2D eigenvalue weighted by Crippen LogP contribution is 2.41. The molecule has 0 saturated carbocycles. The van der Waals surface area contributed by atoms with E-state index in [0.29, 0.717) is 0 Å². The zero-order valence-electron chi connectivity index (χ0n) is 17.3. The summed E-state index contributed by atoms with van der Waals surface area (Å²) in [5.41, 5.74) is 2.94. The summed E-state index contributed by atoms with van der Waals surface area (Å²) in [5.74, 6) is 1.65. The van der Waals surface area contributed by atoms with Crippen molar-refractivity contribution in [1.29, 1.82) is 0 Å². The van der Waals surface area contributed by atoms with Crippen LogP contribution in [0.4, 0.5) is 0 Å². The van der Waals surface area contributed by atoms with Gasteiger partial charge in [0.05, 0.1) is 11.7 Å². The van der Waals surface area contributed by atoms with Gasteiger partial charge in [-0.25, -0.2) is 0 Å². The van der Waals surface area contributed by atoms with Gasteiger partial charge in [0.1, 0.15) is 17.6 Å². The van der Waals surface area contributed by atoms with Crippen LogP contribution in [0.5, 0.6) is 0 Å². The molecule has 1 aliphatic rings. The second kappa shape index (κ2) is 8.76. The van der Waals surface area contributed by atoms with Crippen molar-refractivity contribution >= 4 is 28.9 Å². The quantitative estimate of drug-likeness (QED) is 0.553. The number of furan rings is 1. The first-order chi connectivity index (χ1) is 14.5. The lowest BCUT2D eigenvalue weighted by Gasteiger charge is -2.27. The summed E-state index contributed by atoms with van der Waals surface area (Å²) in [6, 6.07) is 15.7. The molecule has 156 valence electrons. The summed E-state index contributed by atoms with van der Waals surface area (Å²) in [5, 5.41) is 4.90. The maximum Gasteiger partial charge on any atom is 0.170 e. The van der Waals surface area contributed by atoms with E-state index in [0.717, 1.165) is 51.6 Å². The first kappa shape index (κ1) is 20.8. The molecule has 1 aliphatic heterocycles. The summed E-state index contributed by atoms with van der Waals surface area (Å²) < 4.78 is 6.39. The van der Waals surface area contributed by atoms with E-state index in [4.69, 9.17) is 28.2 Å². The molecule has 0 unspecified atom stereocenters. The number of likely N-dealkylation sites (N-methyl/N-ethyl adjacent to an activating group) is 1. The molecule has 7 heteroatoms. The highest BCUT2D eigenvalue weighted by molar-refractivity contribution is 7.80. The molecule has 0 aliphatic carbocycles. The van der Waals surface area contributed by atoms with Crippen molar-refractivity contribution in [3.05, 3.63) is 76.8 Å². The van der Waals surface area contributed by atoms with Crippen LogP contribution in [0.1, 0.15) is 29.1 Å². The molecular weight excluding hydrogens is 416 g/mol. The van der Waals surface area contributed by atoms with Crippen molar-refractivity contribution in [3.8, 4) is 11.3 Å². The van der Waals surface area contributed by atoms with Gasteiger partial charge in [0.2, 0.25) is 0 Å². The normalized spacial score (nSPS) is 18.8. The number of rotatable bonds is 6. The maximum atomic E-state index is 6.39. The Morgan fingerprint density at radius 2 is 2.00 bits per heavy atom. The molecule has 0 bridgehead atoms. The molecule has 3 aromatic rings. The van der Waals surface area contributed by atoms with E-state index in [2.05, 4.69) is 34.2 Å². The molecule has 1 fully saturated rings. The Hall–Kier alpha value is -2.41. The first-order valence-corrected chi connectivity index (χ1v) is 10.7. The summed E-state index contributed by atoms with van der Waals surface area (Å²) in [7, 11) is 4.12. The van der Waals surface area contributed by atoms with Gasteiger partial charge in [-0.1, -0.05) is 29.8 Å². The minimum Gasteiger partial charge on any atom is -0.459 e. The molecule has 5 nitrogen and oxygen atoms in total. The van der Waals surface area contributed by atoms with Gasteiger partial charge >= 0.3 is 0 Å².